The number of fused-ring (bicyclic) bond motifs is 1. The third-order valence-corrected chi connectivity index (χ3v) is 3.84. The summed E-state index contributed by atoms with van der Waals surface area (Å²) in [4.78, 5) is 0. The molecule has 23 heavy (non-hydrogen) atoms. The molecule has 116 valence electrons. The summed E-state index contributed by atoms with van der Waals surface area (Å²) >= 11 is 0. The topological polar surface area (TPSA) is 9.23 Å². The van der Waals surface area contributed by atoms with Crippen molar-refractivity contribution in [3.05, 3.63) is 90.3 Å². The van der Waals surface area contributed by atoms with Gasteiger partial charge in [-0.15, -0.1) is 6.58 Å². The zero-order chi connectivity index (χ0) is 16.1. The van der Waals surface area contributed by atoms with E-state index in [1.165, 1.54) is 17.7 Å². The molecule has 0 N–H and O–H groups in total. The van der Waals surface area contributed by atoms with E-state index in [1.807, 2.05) is 24.3 Å². The first-order valence-electron chi connectivity index (χ1n) is 7.75. The van der Waals surface area contributed by atoms with Gasteiger partial charge in [0.1, 0.15) is 18.2 Å². The van der Waals surface area contributed by atoms with Crippen LogP contribution in [0.15, 0.2) is 73.3 Å². The Bertz CT molecular complexity index is 806. The van der Waals surface area contributed by atoms with Gasteiger partial charge in [0.25, 0.3) is 0 Å². The Morgan fingerprint density at radius 2 is 1.57 bits per heavy atom. The van der Waals surface area contributed by atoms with Crippen molar-refractivity contribution in [2.45, 2.75) is 19.4 Å². The van der Waals surface area contributed by atoms with Crippen LogP contribution in [0.25, 0.3) is 10.8 Å². The molecule has 0 spiro atoms. The maximum atomic E-state index is 13.2. The summed E-state index contributed by atoms with van der Waals surface area (Å²) in [5.41, 5.74) is 2.44. The van der Waals surface area contributed by atoms with Gasteiger partial charge in [-0.05, 0) is 59.0 Å². The van der Waals surface area contributed by atoms with E-state index >= 15 is 0 Å². The maximum absolute atomic E-state index is 13.2. The molecule has 3 aromatic rings. The predicted molar refractivity (Wildman–Crippen MR) is 93.2 cm³/mol. The lowest BCUT2D eigenvalue weighted by atomic mass is 10.1. The van der Waals surface area contributed by atoms with E-state index in [0.29, 0.717) is 6.61 Å². The Morgan fingerprint density at radius 1 is 0.870 bits per heavy atom. The van der Waals surface area contributed by atoms with Gasteiger partial charge in [-0.1, -0.05) is 42.5 Å². The lowest BCUT2D eigenvalue weighted by molar-refractivity contribution is 0.306. The number of benzene rings is 3. The van der Waals surface area contributed by atoms with Crippen LogP contribution in [0.4, 0.5) is 4.39 Å². The Hall–Kier alpha value is -2.61. The molecule has 0 amide bonds. The average molecular weight is 306 g/mol. The van der Waals surface area contributed by atoms with Crippen molar-refractivity contribution in [3.8, 4) is 5.75 Å². The van der Waals surface area contributed by atoms with Crippen LogP contribution in [0.2, 0.25) is 0 Å². The monoisotopic (exact) mass is 306 g/mol. The van der Waals surface area contributed by atoms with Crippen molar-refractivity contribution in [3.63, 3.8) is 0 Å². The van der Waals surface area contributed by atoms with Crippen LogP contribution in [0, 0.1) is 5.82 Å². The zero-order valence-corrected chi connectivity index (χ0v) is 13.0. The third-order valence-electron chi connectivity index (χ3n) is 3.84. The lowest BCUT2D eigenvalue weighted by Crippen LogP contribution is -1.96. The first kappa shape index (κ1) is 15.3. The Morgan fingerprint density at radius 3 is 2.35 bits per heavy atom. The van der Waals surface area contributed by atoms with Gasteiger partial charge in [-0.25, -0.2) is 4.39 Å². The minimum absolute atomic E-state index is 0.220. The molecule has 3 rings (SSSR count). The molecule has 0 aliphatic rings. The van der Waals surface area contributed by atoms with Gasteiger partial charge in [0, 0.05) is 0 Å². The second-order valence-corrected chi connectivity index (χ2v) is 5.59. The van der Waals surface area contributed by atoms with E-state index in [1.54, 1.807) is 6.07 Å². The standard InChI is InChI=1S/C21H19FO/c1-2-3-4-16-5-7-17(8-6-16)15-23-21-12-10-18-13-20(22)11-9-19(18)14-21/h2,5-14H,1,3-4,15H2. The van der Waals surface area contributed by atoms with Crippen molar-refractivity contribution >= 4 is 10.8 Å². The number of rotatable bonds is 6. The first-order valence-corrected chi connectivity index (χ1v) is 7.75. The highest BCUT2D eigenvalue weighted by molar-refractivity contribution is 5.83. The van der Waals surface area contributed by atoms with Crippen LogP contribution in [-0.4, -0.2) is 0 Å². The molecule has 0 aromatic heterocycles. The molecule has 0 atom stereocenters. The molecule has 0 aliphatic heterocycles. The highest BCUT2D eigenvalue weighted by atomic mass is 19.1. The Kier molecular flexibility index (Phi) is 4.72. The highest BCUT2D eigenvalue weighted by Gasteiger charge is 2.01. The maximum Gasteiger partial charge on any atom is 0.123 e. The SMILES string of the molecule is C=CCCc1ccc(COc2ccc3cc(F)ccc3c2)cc1. The van der Waals surface area contributed by atoms with Crippen LogP contribution < -0.4 is 4.74 Å². The van der Waals surface area contributed by atoms with Crippen LogP contribution in [0.1, 0.15) is 17.5 Å². The summed E-state index contributed by atoms with van der Waals surface area (Å²) in [6, 6.07) is 18.9. The van der Waals surface area contributed by atoms with Gasteiger partial charge in [0.2, 0.25) is 0 Å². The predicted octanol–water partition coefficient (Wildman–Crippen LogP) is 5.68. The van der Waals surface area contributed by atoms with Gasteiger partial charge in [-0.3, -0.25) is 0 Å². The molecule has 1 nitrogen and oxygen atoms in total. The normalized spacial score (nSPS) is 10.7. The van der Waals surface area contributed by atoms with Gasteiger partial charge < -0.3 is 4.74 Å². The van der Waals surface area contributed by atoms with Crippen molar-refractivity contribution in [1.82, 2.24) is 0 Å². The lowest BCUT2D eigenvalue weighted by Gasteiger charge is -2.08. The minimum atomic E-state index is -0.220. The Balaban J connectivity index is 1.65. The molecule has 3 aromatic carbocycles. The molecule has 0 aliphatic carbocycles. The fourth-order valence-corrected chi connectivity index (χ4v) is 2.52. The first-order chi connectivity index (χ1) is 11.2. The van der Waals surface area contributed by atoms with E-state index in [4.69, 9.17) is 4.74 Å². The van der Waals surface area contributed by atoms with Gasteiger partial charge in [-0.2, -0.15) is 0 Å². The number of halogens is 1. The number of hydrogen-bond donors (Lipinski definition) is 0. The van der Waals surface area contributed by atoms with Crippen molar-refractivity contribution in [1.29, 1.82) is 0 Å². The molecule has 0 radical (unpaired) electrons. The number of aryl methyl sites for hydroxylation is 1. The number of allylic oxidation sites excluding steroid dienone is 1. The molecular formula is C21H19FO. The number of hydrogen-bond acceptors (Lipinski definition) is 1. The molecule has 0 fully saturated rings. The molecule has 0 saturated carbocycles. The largest absolute Gasteiger partial charge is 0.489 e. The average Bonchev–Trinajstić information content (AvgIpc) is 2.59. The number of ether oxygens (including phenoxy) is 1. The summed E-state index contributed by atoms with van der Waals surface area (Å²) in [5.74, 6) is 0.572. The van der Waals surface area contributed by atoms with Gasteiger partial charge >= 0.3 is 0 Å². The summed E-state index contributed by atoms with van der Waals surface area (Å²) in [6.07, 6.45) is 3.95. The molecule has 0 saturated heterocycles. The van der Waals surface area contributed by atoms with E-state index in [-0.39, 0.29) is 5.82 Å². The van der Waals surface area contributed by atoms with Crippen LogP contribution in [0.5, 0.6) is 5.75 Å². The molecule has 0 bridgehead atoms. The van der Waals surface area contributed by atoms with Crippen molar-refractivity contribution < 1.29 is 9.13 Å². The summed E-state index contributed by atoms with van der Waals surface area (Å²) in [5, 5.41) is 1.85. The minimum Gasteiger partial charge on any atom is -0.489 e. The van der Waals surface area contributed by atoms with Crippen LogP contribution >= 0.6 is 0 Å². The second-order valence-electron chi connectivity index (χ2n) is 5.59. The Labute approximate surface area is 136 Å². The third kappa shape index (κ3) is 3.98. The quantitative estimate of drug-likeness (QED) is 0.533. The zero-order valence-electron chi connectivity index (χ0n) is 13.0. The van der Waals surface area contributed by atoms with Gasteiger partial charge in [0.15, 0.2) is 0 Å². The fraction of sp³-hybridized carbons (Fsp3) is 0.143. The van der Waals surface area contributed by atoms with Crippen LogP contribution in [-0.2, 0) is 13.0 Å². The molecular weight excluding hydrogens is 287 g/mol. The van der Waals surface area contributed by atoms with Gasteiger partial charge in [0.05, 0.1) is 0 Å². The van der Waals surface area contributed by atoms with E-state index in [9.17, 15) is 4.39 Å². The fourth-order valence-electron chi connectivity index (χ4n) is 2.52. The van der Waals surface area contributed by atoms with Crippen molar-refractivity contribution in [2.24, 2.45) is 0 Å². The van der Waals surface area contributed by atoms with Crippen molar-refractivity contribution in [2.75, 3.05) is 0 Å². The smallest absolute Gasteiger partial charge is 0.123 e. The van der Waals surface area contributed by atoms with E-state index in [0.717, 1.165) is 34.9 Å². The second kappa shape index (κ2) is 7.10. The van der Waals surface area contributed by atoms with E-state index in [2.05, 4.69) is 30.8 Å². The molecule has 2 heteroatoms. The molecule has 0 heterocycles. The van der Waals surface area contributed by atoms with E-state index < -0.39 is 0 Å². The summed E-state index contributed by atoms with van der Waals surface area (Å²) < 4.78 is 19.0. The highest BCUT2D eigenvalue weighted by Crippen LogP contribution is 2.22. The molecule has 0 unspecified atom stereocenters. The summed E-state index contributed by atoms with van der Waals surface area (Å²) in [6.45, 7) is 4.26. The summed E-state index contributed by atoms with van der Waals surface area (Å²) in [7, 11) is 0. The van der Waals surface area contributed by atoms with Crippen LogP contribution in [0.3, 0.4) is 0 Å².